The minimum absolute atomic E-state index is 0.0109. The van der Waals surface area contributed by atoms with Gasteiger partial charge >= 0.3 is 0 Å². The van der Waals surface area contributed by atoms with Crippen LogP contribution in [0.5, 0.6) is 5.75 Å². The molecule has 246 valence electrons. The van der Waals surface area contributed by atoms with Gasteiger partial charge in [-0.3, -0.25) is 4.79 Å². The molecule has 1 saturated carbocycles. The number of halogens is 1. The van der Waals surface area contributed by atoms with Gasteiger partial charge in [0.05, 0.1) is 16.5 Å². The summed E-state index contributed by atoms with van der Waals surface area (Å²) in [5.41, 5.74) is 2.68. The largest absolute Gasteiger partial charge is 0.487 e. The lowest BCUT2D eigenvalue weighted by atomic mass is 9.63. The average molecular weight is 659 g/mol. The molecule has 3 aliphatic rings. The van der Waals surface area contributed by atoms with E-state index in [9.17, 15) is 18.3 Å². The molecule has 2 aromatic rings. The number of aryl methyl sites for hydroxylation is 1. The van der Waals surface area contributed by atoms with E-state index < -0.39 is 26.8 Å². The maximum absolute atomic E-state index is 13.8. The molecule has 2 aliphatic heterocycles. The highest BCUT2D eigenvalue weighted by Gasteiger charge is 2.47. The van der Waals surface area contributed by atoms with Crippen molar-refractivity contribution in [2.75, 3.05) is 38.8 Å². The van der Waals surface area contributed by atoms with E-state index in [1.165, 1.54) is 12.6 Å². The number of sulfonamides is 1. The Hall–Kier alpha value is -2.59. The SMILES string of the molecule is CO[C@@]1(CCO)/C=C/C[C@H](C)[C@@H](C)S(=O)(=O)N(C)C(=O)c2ccc3c(c2)N(CCCCc2cc(Cl)ccc2CO3)C[C@@H]2CC[C@H]21. The Labute approximate surface area is 273 Å². The number of aliphatic hydroxyl groups is 1. The molecule has 0 unspecified atom stereocenters. The Morgan fingerprint density at radius 1 is 1.11 bits per heavy atom. The first-order chi connectivity index (χ1) is 21.5. The number of rotatable bonds is 3. The second kappa shape index (κ2) is 14.0. The number of hydrogen-bond donors (Lipinski definition) is 1. The quantitative estimate of drug-likeness (QED) is 0.390. The van der Waals surface area contributed by atoms with E-state index in [0.717, 1.165) is 60.7 Å². The molecule has 0 aromatic heterocycles. The summed E-state index contributed by atoms with van der Waals surface area (Å²) in [4.78, 5) is 16.1. The van der Waals surface area contributed by atoms with Crippen LogP contribution in [-0.4, -0.2) is 68.4 Å². The van der Waals surface area contributed by atoms with Gasteiger partial charge in [0, 0.05) is 50.9 Å². The molecule has 0 radical (unpaired) electrons. The Morgan fingerprint density at radius 2 is 1.91 bits per heavy atom. The van der Waals surface area contributed by atoms with Gasteiger partial charge in [-0.1, -0.05) is 36.7 Å². The number of nitrogens with zero attached hydrogens (tertiary/aromatic N) is 2. The fourth-order valence-corrected chi connectivity index (χ4v) is 8.92. The molecule has 5 rings (SSSR count). The van der Waals surface area contributed by atoms with Gasteiger partial charge in [-0.2, -0.15) is 0 Å². The van der Waals surface area contributed by atoms with Crippen molar-refractivity contribution in [1.82, 2.24) is 4.31 Å². The summed E-state index contributed by atoms with van der Waals surface area (Å²) in [6, 6.07) is 11.2. The van der Waals surface area contributed by atoms with E-state index in [1.807, 2.05) is 31.2 Å². The first-order valence-electron chi connectivity index (χ1n) is 16.2. The van der Waals surface area contributed by atoms with Crippen LogP contribution in [0.25, 0.3) is 0 Å². The maximum Gasteiger partial charge on any atom is 0.267 e. The number of ether oxygens (including phenoxy) is 2. The van der Waals surface area contributed by atoms with Crippen LogP contribution in [0, 0.1) is 17.8 Å². The summed E-state index contributed by atoms with van der Waals surface area (Å²) in [7, 11) is -0.889. The lowest BCUT2D eigenvalue weighted by Crippen LogP contribution is -2.51. The number of anilines is 1. The number of carbonyl (C=O) groups excluding carboxylic acids is 1. The van der Waals surface area contributed by atoms with Crippen LogP contribution >= 0.6 is 11.6 Å². The molecule has 0 spiro atoms. The number of methoxy groups -OCH3 is 1. The van der Waals surface area contributed by atoms with E-state index in [2.05, 4.69) is 11.0 Å². The van der Waals surface area contributed by atoms with Gasteiger partial charge in [-0.05, 0) is 105 Å². The van der Waals surface area contributed by atoms with Crippen LogP contribution in [0.3, 0.4) is 0 Å². The van der Waals surface area contributed by atoms with E-state index in [4.69, 9.17) is 21.1 Å². The fraction of sp³-hybridized carbons (Fsp3) is 0.571. The zero-order valence-electron chi connectivity index (χ0n) is 26.9. The highest BCUT2D eigenvalue weighted by molar-refractivity contribution is 7.90. The number of allylic oxidation sites excluding steroid dienone is 1. The first-order valence-corrected chi connectivity index (χ1v) is 18.0. The molecule has 45 heavy (non-hydrogen) atoms. The molecular formula is C35H47ClN2O6S. The third kappa shape index (κ3) is 6.92. The summed E-state index contributed by atoms with van der Waals surface area (Å²) in [5, 5.41) is 10.0. The summed E-state index contributed by atoms with van der Waals surface area (Å²) in [5.74, 6) is 0.315. The average Bonchev–Trinajstić information content (AvgIpc) is 3.04. The van der Waals surface area contributed by atoms with Gasteiger partial charge in [0.15, 0.2) is 0 Å². The highest BCUT2D eigenvalue weighted by atomic mass is 35.5. The number of carbonyl (C=O) groups is 1. The van der Waals surface area contributed by atoms with Gasteiger partial charge < -0.3 is 19.5 Å². The van der Waals surface area contributed by atoms with Crippen molar-refractivity contribution in [1.29, 1.82) is 0 Å². The molecule has 1 N–H and O–H groups in total. The van der Waals surface area contributed by atoms with Crippen molar-refractivity contribution in [3.63, 3.8) is 0 Å². The first kappa shape index (κ1) is 33.8. The Morgan fingerprint density at radius 3 is 2.62 bits per heavy atom. The van der Waals surface area contributed by atoms with Crippen molar-refractivity contribution in [2.24, 2.45) is 17.8 Å². The summed E-state index contributed by atoms with van der Waals surface area (Å²) >= 11 is 6.34. The molecule has 2 aromatic carbocycles. The maximum atomic E-state index is 13.8. The normalized spacial score (nSPS) is 29.8. The van der Waals surface area contributed by atoms with Crippen molar-refractivity contribution in [3.05, 3.63) is 70.3 Å². The second-order valence-corrected chi connectivity index (χ2v) is 15.8. The zero-order chi connectivity index (χ0) is 32.4. The minimum Gasteiger partial charge on any atom is -0.487 e. The smallest absolute Gasteiger partial charge is 0.267 e. The fourth-order valence-electron chi connectivity index (χ4n) is 7.19. The number of benzene rings is 2. The van der Waals surface area contributed by atoms with Gasteiger partial charge in [0.2, 0.25) is 10.0 Å². The molecule has 5 atom stereocenters. The van der Waals surface area contributed by atoms with Crippen LogP contribution < -0.4 is 9.64 Å². The van der Waals surface area contributed by atoms with Crippen molar-refractivity contribution in [2.45, 2.75) is 76.3 Å². The number of amides is 1. The number of aliphatic hydroxyl groups excluding tert-OH is 1. The monoisotopic (exact) mass is 658 g/mol. The predicted molar refractivity (Wildman–Crippen MR) is 178 cm³/mol. The number of hydrogen-bond acceptors (Lipinski definition) is 7. The molecule has 1 amide bonds. The summed E-state index contributed by atoms with van der Waals surface area (Å²) in [6.07, 6.45) is 9.78. The number of fused-ring (bicyclic) bond motifs is 3. The second-order valence-electron chi connectivity index (χ2n) is 13.0. The molecule has 1 aliphatic carbocycles. The van der Waals surface area contributed by atoms with Gasteiger partial charge in [-0.25, -0.2) is 12.7 Å². The van der Waals surface area contributed by atoms with Crippen LogP contribution in [0.15, 0.2) is 48.6 Å². The van der Waals surface area contributed by atoms with Gasteiger partial charge in [0.25, 0.3) is 5.91 Å². The lowest BCUT2D eigenvalue weighted by Gasteiger charge is -2.50. The van der Waals surface area contributed by atoms with Crippen LogP contribution in [0.2, 0.25) is 5.02 Å². The van der Waals surface area contributed by atoms with E-state index in [-0.39, 0.29) is 18.4 Å². The zero-order valence-corrected chi connectivity index (χ0v) is 28.4. The van der Waals surface area contributed by atoms with Crippen LogP contribution in [0.4, 0.5) is 5.69 Å². The third-order valence-corrected chi connectivity index (χ3v) is 13.0. The third-order valence-electron chi connectivity index (χ3n) is 10.5. The van der Waals surface area contributed by atoms with Gasteiger partial charge in [0.1, 0.15) is 12.4 Å². The molecule has 1 fully saturated rings. The minimum atomic E-state index is -3.94. The van der Waals surface area contributed by atoms with E-state index >= 15 is 0 Å². The topological polar surface area (TPSA) is 96.4 Å². The Bertz CT molecular complexity index is 1510. The van der Waals surface area contributed by atoms with Crippen LogP contribution in [0.1, 0.15) is 73.9 Å². The molecule has 10 heteroatoms. The summed E-state index contributed by atoms with van der Waals surface area (Å²) in [6.45, 7) is 5.36. The van der Waals surface area contributed by atoms with Crippen LogP contribution in [-0.2, 0) is 27.8 Å². The Balaban J connectivity index is 1.61. The lowest BCUT2D eigenvalue weighted by molar-refractivity contribution is -0.0863. The molecule has 2 bridgehead atoms. The Kier molecular flexibility index (Phi) is 10.5. The summed E-state index contributed by atoms with van der Waals surface area (Å²) < 4.78 is 40.9. The standard InChI is InChI=1S/C35H47ClN2O6S/c1-24-8-7-16-35(43-4,17-19-39)31-14-11-28(31)22-38-18-6-5-9-26-20-30(36)13-10-29(26)23-44-33-15-12-27(21-32(33)38)34(40)37(3)45(41,42)25(24)2/h7,10,12-13,15-16,20-21,24-25,28,31,39H,5-6,8-9,11,14,17-19,22-23H2,1-4H3/b16-7+/t24-,25+,28-,31+,35+/m0/s1. The van der Waals surface area contributed by atoms with Crippen molar-refractivity contribution < 1.29 is 27.8 Å². The van der Waals surface area contributed by atoms with E-state index in [0.29, 0.717) is 41.7 Å². The molecule has 8 nitrogen and oxygen atoms in total. The van der Waals surface area contributed by atoms with Crippen molar-refractivity contribution >= 4 is 33.2 Å². The molecule has 0 saturated heterocycles. The molecular weight excluding hydrogens is 612 g/mol. The van der Waals surface area contributed by atoms with Crippen molar-refractivity contribution in [3.8, 4) is 5.75 Å². The van der Waals surface area contributed by atoms with Gasteiger partial charge in [-0.15, -0.1) is 0 Å². The highest BCUT2D eigenvalue weighted by Crippen LogP contribution is 2.47. The van der Waals surface area contributed by atoms with E-state index in [1.54, 1.807) is 32.2 Å². The predicted octanol–water partition coefficient (Wildman–Crippen LogP) is 6.24. The molecule has 2 heterocycles.